The molecule has 3 aromatic carbocycles. The van der Waals surface area contributed by atoms with E-state index in [0.29, 0.717) is 33.0 Å². The van der Waals surface area contributed by atoms with Crippen LogP contribution in [-0.4, -0.2) is 33.6 Å². The summed E-state index contributed by atoms with van der Waals surface area (Å²) in [6, 6.07) is 14.4. The Labute approximate surface area is 218 Å². The zero-order valence-corrected chi connectivity index (χ0v) is 21.8. The lowest BCUT2D eigenvalue weighted by Gasteiger charge is -2.17. The maximum Gasteiger partial charge on any atom is 0.309 e. The van der Waals surface area contributed by atoms with Gasteiger partial charge < -0.3 is 19.2 Å². The number of carbonyl (C=O) groups excluding carboxylic acids is 1. The summed E-state index contributed by atoms with van der Waals surface area (Å²) in [6.07, 6.45) is 0.0641. The minimum absolute atomic E-state index is 0.0160. The van der Waals surface area contributed by atoms with Crippen molar-refractivity contribution >= 4 is 55.8 Å². The summed E-state index contributed by atoms with van der Waals surface area (Å²) in [6.45, 7) is 1.86. The number of rotatable bonds is 8. The van der Waals surface area contributed by atoms with Gasteiger partial charge in [-0.15, -0.1) is 0 Å². The molecule has 0 saturated carbocycles. The van der Waals surface area contributed by atoms with Gasteiger partial charge in [0.05, 0.1) is 25.7 Å². The number of H-pyrrole nitrogens is 1. The van der Waals surface area contributed by atoms with Crippen molar-refractivity contribution in [2.24, 2.45) is 0 Å². The number of aromatic amines is 1. The second-order valence-corrected chi connectivity index (χ2v) is 10.4. The van der Waals surface area contributed by atoms with E-state index in [1.807, 2.05) is 6.92 Å². The number of sulfonamides is 1. The number of benzene rings is 3. The van der Waals surface area contributed by atoms with Crippen molar-refractivity contribution in [1.82, 2.24) is 4.98 Å². The van der Waals surface area contributed by atoms with Gasteiger partial charge in [0.15, 0.2) is 17.2 Å². The molecule has 0 aliphatic heterocycles. The first kappa shape index (κ1) is 25.7. The van der Waals surface area contributed by atoms with Crippen LogP contribution in [0.3, 0.4) is 0 Å². The van der Waals surface area contributed by atoms with Gasteiger partial charge in [0, 0.05) is 21.6 Å². The Balaban J connectivity index is 1.77. The number of hydrogen-bond donors (Lipinski definition) is 2. The number of aromatic nitrogens is 1. The molecule has 0 atom stereocenters. The van der Waals surface area contributed by atoms with Crippen molar-refractivity contribution in [3.8, 4) is 17.2 Å². The molecule has 0 saturated heterocycles. The zero-order chi connectivity index (χ0) is 26.0. The predicted octanol–water partition coefficient (Wildman–Crippen LogP) is 6.10. The standard InChI is InChI=1S/C25H22Cl2N2O6S/c1-14-10-17-19(28-14)6-8-21(25(17)29-36(31,32)23-9-5-16(26)13-18(23)27)35-20-7-4-15(11-22(20)33-2)12-24(30)34-3/h4-11,13,28-29H,12H2,1-3H3. The van der Waals surface area contributed by atoms with E-state index in [4.69, 9.17) is 37.4 Å². The summed E-state index contributed by atoms with van der Waals surface area (Å²) in [5.74, 6) is 0.518. The summed E-state index contributed by atoms with van der Waals surface area (Å²) in [7, 11) is -1.33. The van der Waals surface area contributed by atoms with E-state index in [2.05, 4.69) is 9.71 Å². The minimum atomic E-state index is -4.11. The second-order valence-electron chi connectivity index (χ2n) is 7.87. The zero-order valence-electron chi connectivity index (χ0n) is 19.5. The minimum Gasteiger partial charge on any atom is -0.493 e. The number of anilines is 1. The van der Waals surface area contributed by atoms with Gasteiger partial charge in [-0.05, 0) is 61.0 Å². The van der Waals surface area contributed by atoms with E-state index in [0.717, 1.165) is 5.69 Å². The summed E-state index contributed by atoms with van der Waals surface area (Å²) in [4.78, 5) is 14.7. The molecule has 8 nitrogen and oxygen atoms in total. The first-order valence-electron chi connectivity index (χ1n) is 10.6. The molecule has 1 aromatic heterocycles. The van der Waals surface area contributed by atoms with Crippen LogP contribution >= 0.6 is 23.2 Å². The molecule has 0 aliphatic carbocycles. The first-order valence-corrected chi connectivity index (χ1v) is 12.9. The third-order valence-electron chi connectivity index (χ3n) is 5.34. The number of fused-ring (bicyclic) bond motifs is 1. The van der Waals surface area contributed by atoms with Gasteiger partial charge in [-0.2, -0.15) is 0 Å². The number of nitrogens with one attached hydrogen (secondary N) is 2. The number of ether oxygens (including phenoxy) is 3. The SMILES string of the molecule is COC(=O)Cc1ccc(Oc2ccc3[nH]c(C)cc3c2NS(=O)(=O)c2ccc(Cl)cc2Cl)c(OC)c1. The van der Waals surface area contributed by atoms with Gasteiger partial charge in [-0.1, -0.05) is 29.3 Å². The average molecular weight is 549 g/mol. The summed E-state index contributed by atoms with van der Waals surface area (Å²) in [5.41, 5.74) is 2.42. The predicted molar refractivity (Wildman–Crippen MR) is 139 cm³/mol. The Bertz CT molecular complexity index is 1570. The van der Waals surface area contributed by atoms with E-state index in [9.17, 15) is 13.2 Å². The molecule has 0 bridgehead atoms. The smallest absolute Gasteiger partial charge is 0.309 e. The summed E-state index contributed by atoms with van der Waals surface area (Å²) < 4.78 is 45.5. The van der Waals surface area contributed by atoms with Crippen molar-refractivity contribution in [2.45, 2.75) is 18.2 Å². The van der Waals surface area contributed by atoms with Crippen LogP contribution in [0.2, 0.25) is 10.0 Å². The van der Waals surface area contributed by atoms with Crippen molar-refractivity contribution in [1.29, 1.82) is 0 Å². The number of methoxy groups -OCH3 is 2. The lowest BCUT2D eigenvalue weighted by molar-refractivity contribution is -0.139. The molecule has 11 heteroatoms. The monoisotopic (exact) mass is 548 g/mol. The Morgan fingerprint density at radius 1 is 0.972 bits per heavy atom. The molecule has 0 spiro atoms. The Kier molecular flexibility index (Phi) is 7.35. The first-order chi connectivity index (χ1) is 17.1. The number of halogens is 2. The van der Waals surface area contributed by atoms with Crippen LogP contribution in [0.15, 0.2) is 59.5 Å². The normalized spacial score (nSPS) is 11.4. The van der Waals surface area contributed by atoms with Gasteiger partial charge in [-0.25, -0.2) is 8.42 Å². The van der Waals surface area contributed by atoms with Crippen LogP contribution in [0.1, 0.15) is 11.3 Å². The van der Waals surface area contributed by atoms with Crippen LogP contribution in [-0.2, 0) is 26.0 Å². The van der Waals surface area contributed by atoms with Gasteiger partial charge in [0.1, 0.15) is 10.6 Å². The largest absolute Gasteiger partial charge is 0.493 e. The molecule has 0 amide bonds. The van der Waals surface area contributed by atoms with Crippen LogP contribution in [0, 0.1) is 6.92 Å². The number of hydrogen-bond acceptors (Lipinski definition) is 6. The molecule has 188 valence electrons. The highest BCUT2D eigenvalue weighted by molar-refractivity contribution is 7.92. The van der Waals surface area contributed by atoms with Crippen molar-refractivity contribution in [3.63, 3.8) is 0 Å². The Morgan fingerprint density at radius 3 is 2.42 bits per heavy atom. The lowest BCUT2D eigenvalue weighted by atomic mass is 10.1. The number of carbonyl (C=O) groups is 1. The fourth-order valence-corrected chi connectivity index (χ4v) is 5.53. The van der Waals surface area contributed by atoms with Gasteiger partial charge in [0.2, 0.25) is 0 Å². The highest BCUT2D eigenvalue weighted by Gasteiger charge is 2.23. The fourth-order valence-electron chi connectivity index (χ4n) is 3.66. The number of esters is 1. The van der Waals surface area contributed by atoms with Crippen molar-refractivity contribution in [3.05, 3.63) is 75.9 Å². The molecule has 36 heavy (non-hydrogen) atoms. The molecule has 4 aromatic rings. The average Bonchev–Trinajstić information content (AvgIpc) is 3.21. The molecular formula is C25H22Cl2N2O6S. The van der Waals surface area contributed by atoms with Crippen LogP contribution in [0.5, 0.6) is 17.2 Å². The Morgan fingerprint density at radius 2 is 1.72 bits per heavy atom. The van der Waals surface area contributed by atoms with Crippen molar-refractivity contribution in [2.75, 3.05) is 18.9 Å². The molecule has 4 rings (SSSR count). The van der Waals surface area contributed by atoms with Gasteiger partial charge >= 0.3 is 5.97 Å². The maximum absolute atomic E-state index is 13.3. The lowest BCUT2D eigenvalue weighted by Crippen LogP contribution is -2.14. The molecule has 0 fully saturated rings. The van der Waals surface area contributed by atoms with E-state index in [-0.39, 0.29) is 27.8 Å². The summed E-state index contributed by atoms with van der Waals surface area (Å²) >= 11 is 12.1. The topological polar surface area (TPSA) is 107 Å². The maximum atomic E-state index is 13.3. The number of aryl methyl sites for hydroxylation is 1. The molecule has 0 unspecified atom stereocenters. The van der Waals surface area contributed by atoms with Crippen LogP contribution in [0.4, 0.5) is 5.69 Å². The van der Waals surface area contributed by atoms with E-state index in [1.54, 1.807) is 36.4 Å². The van der Waals surface area contributed by atoms with E-state index >= 15 is 0 Å². The van der Waals surface area contributed by atoms with Gasteiger partial charge in [0.25, 0.3) is 10.0 Å². The molecule has 0 aliphatic rings. The van der Waals surface area contributed by atoms with E-state index < -0.39 is 16.0 Å². The Hall–Kier alpha value is -3.40. The molecule has 2 N–H and O–H groups in total. The molecule has 1 heterocycles. The second kappa shape index (κ2) is 10.3. The molecular weight excluding hydrogens is 527 g/mol. The van der Waals surface area contributed by atoms with Crippen molar-refractivity contribution < 1.29 is 27.4 Å². The van der Waals surface area contributed by atoms with Crippen LogP contribution < -0.4 is 14.2 Å². The highest BCUT2D eigenvalue weighted by atomic mass is 35.5. The highest BCUT2D eigenvalue weighted by Crippen LogP contribution is 2.41. The third kappa shape index (κ3) is 5.38. The van der Waals surface area contributed by atoms with Crippen LogP contribution in [0.25, 0.3) is 10.9 Å². The summed E-state index contributed by atoms with van der Waals surface area (Å²) in [5, 5.41) is 0.895. The quantitative estimate of drug-likeness (QED) is 0.257. The fraction of sp³-hybridized carbons (Fsp3) is 0.160. The third-order valence-corrected chi connectivity index (χ3v) is 7.41. The molecule has 0 radical (unpaired) electrons. The van der Waals surface area contributed by atoms with Gasteiger partial charge in [-0.3, -0.25) is 9.52 Å². The van der Waals surface area contributed by atoms with E-state index in [1.165, 1.54) is 32.4 Å².